The third-order valence-electron chi connectivity index (χ3n) is 5.07. The first-order valence-corrected chi connectivity index (χ1v) is 9.60. The van der Waals surface area contributed by atoms with E-state index >= 15 is 0 Å². The van der Waals surface area contributed by atoms with E-state index in [1.165, 1.54) is 0 Å². The first-order valence-electron chi connectivity index (χ1n) is 9.60. The van der Waals surface area contributed by atoms with Crippen LogP contribution in [0.3, 0.4) is 0 Å². The maximum absolute atomic E-state index is 5.65. The first-order chi connectivity index (χ1) is 14.7. The van der Waals surface area contributed by atoms with Crippen molar-refractivity contribution in [1.82, 2.24) is 19.7 Å². The molecule has 3 heterocycles. The predicted octanol–water partition coefficient (Wildman–Crippen LogP) is 4.07. The minimum absolute atomic E-state index is 0.531. The lowest BCUT2D eigenvalue weighted by Crippen LogP contribution is -2.19. The molecule has 0 amide bonds. The van der Waals surface area contributed by atoms with Crippen molar-refractivity contribution in [2.75, 3.05) is 18.7 Å². The number of allylic oxidation sites excluding steroid dienone is 1. The van der Waals surface area contributed by atoms with Crippen molar-refractivity contribution in [3.8, 4) is 28.3 Å². The van der Waals surface area contributed by atoms with Gasteiger partial charge in [0.25, 0.3) is 0 Å². The Morgan fingerprint density at radius 3 is 2.67 bits per heavy atom. The van der Waals surface area contributed by atoms with Gasteiger partial charge in [-0.1, -0.05) is 30.3 Å². The molecule has 5 rings (SSSR count). The zero-order chi connectivity index (χ0) is 20.5. The maximum Gasteiger partial charge on any atom is 0.144 e. The lowest BCUT2D eigenvalue weighted by atomic mass is 10.0. The molecule has 7 nitrogen and oxygen atoms in total. The van der Waals surface area contributed by atoms with E-state index in [0.29, 0.717) is 6.67 Å². The van der Waals surface area contributed by atoms with Crippen LogP contribution in [0.1, 0.15) is 0 Å². The van der Waals surface area contributed by atoms with Crippen molar-refractivity contribution >= 4 is 22.8 Å². The molecule has 1 aliphatic heterocycles. The van der Waals surface area contributed by atoms with Crippen LogP contribution in [0.5, 0.6) is 5.75 Å². The average molecular weight is 396 g/mol. The van der Waals surface area contributed by atoms with E-state index in [2.05, 4.69) is 33.2 Å². The number of aromatic nitrogens is 4. The Hall–Kier alpha value is -4.00. The molecule has 2 aromatic carbocycles. The Bertz CT molecular complexity index is 1280. The van der Waals surface area contributed by atoms with E-state index in [9.17, 15) is 0 Å². The Labute approximate surface area is 174 Å². The van der Waals surface area contributed by atoms with Crippen LogP contribution in [0.25, 0.3) is 33.4 Å². The predicted molar refractivity (Wildman–Crippen MR) is 119 cm³/mol. The summed E-state index contributed by atoms with van der Waals surface area (Å²) in [4.78, 5) is 15.5. The summed E-state index contributed by atoms with van der Waals surface area (Å²) in [6.07, 6.45) is 9.27. The molecule has 2 aromatic heterocycles. The van der Waals surface area contributed by atoms with E-state index in [4.69, 9.17) is 9.84 Å². The van der Waals surface area contributed by atoms with E-state index in [1.54, 1.807) is 19.7 Å². The highest BCUT2D eigenvalue weighted by Crippen LogP contribution is 2.38. The molecule has 0 saturated heterocycles. The van der Waals surface area contributed by atoms with E-state index in [-0.39, 0.29) is 0 Å². The van der Waals surface area contributed by atoms with Crippen LogP contribution in [0, 0.1) is 0 Å². The second kappa shape index (κ2) is 7.44. The highest BCUT2D eigenvalue weighted by Gasteiger charge is 2.19. The number of anilines is 1. The molecule has 0 bridgehead atoms. The Balaban J connectivity index is 1.73. The van der Waals surface area contributed by atoms with Gasteiger partial charge >= 0.3 is 0 Å². The lowest BCUT2D eigenvalue weighted by molar-refractivity contribution is 0.415. The molecule has 0 atom stereocenters. The number of benzene rings is 2. The number of hydrogen-bond acceptors (Lipinski definition) is 6. The molecular formula is C23H20N6O. The molecule has 0 unspecified atom stereocenters. The molecule has 0 aliphatic carbocycles. The number of ether oxygens (including phenoxy) is 1. The number of nitrogens with zero attached hydrogens (tertiary/aromatic N) is 6. The summed E-state index contributed by atoms with van der Waals surface area (Å²) in [6.45, 7) is 0.531. The van der Waals surface area contributed by atoms with Crippen molar-refractivity contribution in [2.24, 2.45) is 12.0 Å². The van der Waals surface area contributed by atoms with Crippen molar-refractivity contribution < 1.29 is 4.74 Å². The third-order valence-corrected chi connectivity index (χ3v) is 5.07. The number of rotatable bonds is 4. The first kappa shape index (κ1) is 18.1. The van der Waals surface area contributed by atoms with Crippen LogP contribution in [0.2, 0.25) is 0 Å². The summed E-state index contributed by atoms with van der Waals surface area (Å²) >= 11 is 0. The van der Waals surface area contributed by atoms with Gasteiger partial charge in [-0.05, 0) is 12.1 Å². The van der Waals surface area contributed by atoms with Gasteiger partial charge in [0.05, 0.1) is 24.0 Å². The van der Waals surface area contributed by atoms with Crippen LogP contribution in [0.15, 0.2) is 72.3 Å². The van der Waals surface area contributed by atoms with Crippen molar-refractivity contribution in [3.05, 3.63) is 67.3 Å². The standard InChI is InChI=1S/C23H20N6O/c1-28-13-18(22(27-28)16-7-4-3-5-8-16)23-17-11-20(29-10-6-9-24-15-29)21(30-2)12-19(17)25-14-26-23/h3-14H,15H2,1-2H3. The SMILES string of the molecule is COc1cc2ncnc(-c3cn(C)nc3-c3ccccc3)c2cc1N1C=CC=NC1. The maximum atomic E-state index is 5.65. The largest absolute Gasteiger partial charge is 0.494 e. The minimum Gasteiger partial charge on any atom is -0.494 e. The van der Waals surface area contributed by atoms with Gasteiger partial charge in [-0.3, -0.25) is 9.67 Å². The van der Waals surface area contributed by atoms with Crippen molar-refractivity contribution in [1.29, 1.82) is 0 Å². The second-order valence-corrected chi connectivity index (χ2v) is 6.98. The highest BCUT2D eigenvalue weighted by atomic mass is 16.5. The molecule has 0 radical (unpaired) electrons. The molecule has 0 saturated carbocycles. The molecule has 148 valence electrons. The van der Waals surface area contributed by atoms with Gasteiger partial charge in [-0.2, -0.15) is 5.10 Å². The summed E-state index contributed by atoms with van der Waals surface area (Å²) in [7, 11) is 3.59. The van der Waals surface area contributed by atoms with Gasteiger partial charge in [-0.15, -0.1) is 0 Å². The molecular weight excluding hydrogens is 376 g/mol. The third kappa shape index (κ3) is 3.10. The van der Waals surface area contributed by atoms with Gasteiger partial charge in [0.2, 0.25) is 0 Å². The topological polar surface area (TPSA) is 68.4 Å². The fraction of sp³-hybridized carbons (Fsp3) is 0.130. The van der Waals surface area contributed by atoms with Gasteiger partial charge in [0.15, 0.2) is 0 Å². The summed E-state index contributed by atoms with van der Waals surface area (Å²) in [5, 5.41) is 5.63. The van der Waals surface area contributed by atoms with Crippen LogP contribution < -0.4 is 9.64 Å². The van der Waals surface area contributed by atoms with Gasteiger partial charge in [0, 0.05) is 48.2 Å². The zero-order valence-corrected chi connectivity index (χ0v) is 16.7. The number of aliphatic imine (C=N–C) groups is 1. The van der Waals surface area contributed by atoms with Crippen LogP contribution in [-0.4, -0.2) is 39.7 Å². The van der Waals surface area contributed by atoms with Gasteiger partial charge < -0.3 is 9.64 Å². The summed E-state index contributed by atoms with van der Waals surface area (Å²) in [6, 6.07) is 14.1. The monoisotopic (exact) mass is 396 g/mol. The summed E-state index contributed by atoms with van der Waals surface area (Å²) in [5.74, 6) is 0.739. The highest BCUT2D eigenvalue weighted by molar-refractivity contribution is 5.99. The van der Waals surface area contributed by atoms with Crippen LogP contribution >= 0.6 is 0 Å². The fourth-order valence-electron chi connectivity index (χ4n) is 3.69. The zero-order valence-electron chi connectivity index (χ0n) is 16.7. The molecule has 0 N–H and O–H groups in total. The number of aryl methyl sites for hydroxylation is 1. The van der Waals surface area contributed by atoms with Crippen molar-refractivity contribution in [3.63, 3.8) is 0 Å². The van der Waals surface area contributed by atoms with Gasteiger partial charge in [0.1, 0.15) is 24.4 Å². The minimum atomic E-state index is 0.531. The molecule has 0 spiro atoms. The van der Waals surface area contributed by atoms with Crippen LogP contribution in [-0.2, 0) is 7.05 Å². The average Bonchev–Trinajstić information content (AvgIpc) is 3.20. The fourth-order valence-corrected chi connectivity index (χ4v) is 3.69. The molecule has 4 aromatic rings. The summed E-state index contributed by atoms with van der Waals surface area (Å²) in [5.41, 5.74) is 5.45. The number of methoxy groups -OCH3 is 1. The van der Waals surface area contributed by atoms with Gasteiger partial charge in [-0.25, -0.2) is 9.97 Å². The quantitative estimate of drug-likeness (QED) is 0.520. The van der Waals surface area contributed by atoms with E-state index in [1.807, 2.05) is 59.4 Å². The van der Waals surface area contributed by atoms with Crippen molar-refractivity contribution in [2.45, 2.75) is 0 Å². The smallest absolute Gasteiger partial charge is 0.144 e. The molecule has 0 fully saturated rings. The summed E-state index contributed by atoms with van der Waals surface area (Å²) < 4.78 is 7.46. The Morgan fingerprint density at radius 1 is 1.03 bits per heavy atom. The van der Waals surface area contributed by atoms with E-state index in [0.717, 1.165) is 44.9 Å². The Morgan fingerprint density at radius 2 is 1.90 bits per heavy atom. The molecule has 30 heavy (non-hydrogen) atoms. The molecule has 1 aliphatic rings. The number of fused-ring (bicyclic) bond motifs is 1. The molecule has 7 heteroatoms. The second-order valence-electron chi connectivity index (χ2n) is 6.98. The number of hydrogen-bond donors (Lipinski definition) is 0. The van der Waals surface area contributed by atoms with Crippen LogP contribution in [0.4, 0.5) is 5.69 Å². The van der Waals surface area contributed by atoms with E-state index < -0.39 is 0 Å². The Kier molecular flexibility index (Phi) is 4.48. The lowest BCUT2D eigenvalue weighted by Gasteiger charge is -2.23. The normalized spacial score (nSPS) is 13.2.